The van der Waals surface area contributed by atoms with E-state index in [1.165, 1.54) is 11.0 Å². The van der Waals surface area contributed by atoms with Gasteiger partial charge in [-0.2, -0.15) is 13.2 Å². The highest BCUT2D eigenvalue weighted by Gasteiger charge is 2.39. The van der Waals surface area contributed by atoms with Gasteiger partial charge in [-0.05, 0) is 92.5 Å². The van der Waals surface area contributed by atoms with E-state index in [4.69, 9.17) is 26.8 Å². The van der Waals surface area contributed by atoms with Gasteiger partial charge in [0.25, 0.3) is 5.91 Å². The van der Waals surface area contributed by atoms with Crippen LogP contribution in [0.1, 0.15) is 87.8 Å². The van der Waals surface area contributed by atoms with Gasteiger partial charge in [0, 0.05) is 64.0 Å². The number of carbonyl (C=O) groups is 5. The Morgan fingerprint density at radius 1 is 0.867 bits per heavy atom. The molecule has 0 saturated carbocycles. The molecule has 3 fully saturated rings. The number of rotatable bonds is 11. The highest BCUT2D eigenvalue weighted by molar-refractivity contribution is 6.33. The number of benzene rings is 2. The number of hydrogen-bond donors (Lipinski definition) is 2. The van der Waals surface area contributed by atoms with E-state index in [1.807, 2.05) is 24.3 Å². The van der Waals surface area contributed by atoms with Crippen molar-refractivity contribution in [1.82, 2.24) is 19.6 Å². The lowest BCUT2D eigenvalue weighted by atomic mass is 9.78. The number of carbonyl (C=O) groups excluding carboxylic acids is 5. The largest absolute Gasteiger partial charge is 0.459 e. The smallest absolute Gasteiger partial charge is 0.418 e. The fourth-order valence-corrected chi connectivity index (χ4v) is 9.21. The summed E-state index contributed by atoms with van der Waals surface area (Å²) in [5.41, 5.74) is 5.77. The van der Waals surface area contributed by atoms with Crippen LogP contribution >= 0.6 is 11.6 Å². The Balaban J connectivity index is 1.05. The third kappa shape index (κ3) is 11.1. The molecular formula is C43H56ClF3N6O7. The number of ether oxygens (including phenoxy) is 2. The minimum absolute atomic E-state index is 0.0381. The number of nitrogens with two attached hydrogens (primary N) is 1. The van der Waals surface area contributed by atoms with E-state index >= 15 is 0 Å². The molecule has 1 atom stereocenters. The summed E-state index contributed by atoms with van der Waals surface area (Å²) in [5.74, 6) is -1.42. The molecule has 0 radical (unpaired) electrons. The maximum atomic E-state index is 14.2. The second kappa shape index (κ2) is 20.2. The lowest BCUT2D eigenvalue weighted by Crippen LogP contribution is -2.52. The quantitative estimate of drug-likeness (QED) is 0.105. The van der Waals surface area contributed by atoms with Crippen molar-refractivity contribution in [1.29, 1.82) is 0 Å². The second-order valence-corrected chi connectivity index (χ2v) is 16.8. The topological polar surface area (TPSA) is 155 Å². The van der Waals surface area contributed by atoms with Crippen LogP contribution in [0.4, 0.5) is 34.1 Å². The Morgan fingerprint density at radius 3 is 2.15 bits per heavy atom. The highest BCUT2D eigenvalue weighted by Crippen LogP contribution is 2.39. The lowest BCUT2D eigenvalue weighted by Gasteiger charge is -2.41. The van der Waals surface area contributed by atoms with E-state index < -0.39 is 47.4 Å². The van der Waals surface area contributed by atoms with Crippen molar-refractivity contribution in [2.45, 2.75) is 102 Å². The van der Waals surface area contributed by atoms with Crippen LogP contribution in [-0.4, -0.2) is 114 Å². The Morgan fingerprint density at radius 2 is 1.50 bits per heavy atom. The number of urea groups is 1. The third-order valence-electron chi connectivity index (χ3n) is 12.5. The molecule has 2 aromatic rings. The molecule has 6 rings (SSSR count). The molecule has 0 aliphatic carbocycles. The average Bonchev–Trinajstić information content (AvgIpc) is 3.41. The number of fused-ring (bicyclic) bond motifs is 1. The van der Waals surface area contributed by atoms with Gasteiger partial charge in [0.05, 0.1) is 22.9 Å². The molecule has 0 spiro atoms. The Hall–Kier alpha value is -4.73. The lowest BCUT2D eigenvalue weighted by molar-refractivity contribution is -0.161. The van der Waals surface area contributed by atoms with E-state index in [9.17, 15) is 37.1 Å². The molecule has 3 saturated heterocycles. The zero-order chi connectivity index (χ0) is 43.0. The van der Waals surface area contributed by atoms with Gasteiger partial charge in [-0.15, -0.1) is 0 Å². The summed E-state index contributed by atoms with van der Waals surface area (Å²) in [6.07, 6.45) is 0.757. The van der Waals surface area contributed by atoms with Gasteiger partial charge in [-0.1, -0.05) is 56.0 Å². The summed E-state index contributed by atoms with van der Waals surface area (Å²) >= 11 is 6.14. The fraction of sp³-hybridized carbons (Fsp3) is 0.605. The molecule has 328 valence electrons. The minimum atomic E-state index is -4.81. The molecule has 5 amide bonds. The van der Waals surface area contributed by atoms with E-state index in [1.54, 1.807) is 14.7 Å². The van der Waals surface area contributed by atoms with Crippen molar-refractivity contribution in [2.24, 2.45) is 11.8 Å². The zero-order valence-electron chi connectivity index (χ0n) is 34.2. The molecule has 17 heteroatoms. The number of esters is 1. The fourth-order valence-electron chi connectivity index (χ4n) is 8.97. The minimum Gasteiger partial charge on any atom is -0.459 e. The number of alkyl halides is 3. The van der Waals surface area contributed by atoms with Gasteiger partial charge in [-0.3, -0.25) is 9.59 Å². The van der Waals surface area contributed by atoms with E-state index in [-0.39, 0.29) is 60.6 Å². The van der Waals surface area contributed by atoms with Crippen LogP contribution in [0, 0.1) is 11.8 Å². The number of para-hydroxylation sites is 1. The molecule has 0 aromatic heterocycles. The number of unbranched alkanes of at least 4 members (excludes halogenated alkanes) is 3. The maximum Gasteiger partial charge on any atom is 0.418 e. The number of amides is 5. The number of nitrogens with one attached hydrogen (secondary N) is 1. The first-order valence-corrected chi connectivity index (χ1v) is 21.6. The van der Waals surface area contributed by atoms with Crippen LogP contribution < -0.4 is 11.1 Å². The van der Waals surface area contributed by atoms with Gasteiger partial charge in [0.1, 0.15) is 0 Å². The summed E-state index contributed by atoms with van der Waals surface area (Å²) in [4.78, 5) is 72.5. The van der Waals surface area contributed by atoms with E-state index in [0.717, 1.165) is 43.0 Å². The maximum absolute atomic E-state index is 14.2. The highest BCUT2D eigenvalue weighted by atomic mass is 35.5. The zero-order valence-corrected chi connectivity index (χ0v) is 34.9. The van der Waals surface area contributed by atoms with Crippen LogP contribution in [0.3, 0.4) is 0 Å². The number of piperidine rings is 3. The molecule has 3 N–H and O–H groups in total. The van der Waals surface area contributed by atoms with Gasteiger partial charge < -0.3 is 40.1 Å². The van der Waals surface area contributed by atoms with Crippen LogP contribution in [0.15, 0.2) is 36.4 Å². The number of nitrogens with zero attached hydrogens (tertiary/aromatic N) is 4. The van der Waals surface area contributed by atoms with Crippen molar-refractivity contribution in [3.05, 3.63) is 58.1 Å². The summed E-state index contributed by atoms with van der Waals surface area (Å²) < 4.78 is 52.8. The number of hydrogen-bond acceptors (Lipinski definition) is 8. The standard InChI is InChI=1S/C43H56ClF3N6O7/c1-2-3-4-7-24-59-40(56)39(55)51-19-12-30(13-20-51)29-10-17-50(18-11-29)38(54)36(27-28-25-33(43(45,46)47)37(48)34(44)26-28)60-42(58)52-21-15-32(16-22-52)53-23-14-31-8-5-6-9-35(31)49-41(53)57/h5-6,8-9,25-26,29-30,32,36H,2-4,7,10-24,27,48H2,1H3,(H,49,57)/t36-/m1/s1. The van der Waals surface area contributed by atoms with Crippen molar-refractivity contribution >= 4 is 52.9 Å². The Labute approximate surface area is 354 Å². The predicted molar refractivity (Wildman–Crippen MR) is 219 cm³/mol. The number of halogens is 4. The van der Waals surface area contributed by atoms with Gasteiger partial charge in [-0.25, -0.2) is 14.4 Å². The van der Waals surface area contributed by atoms with Gasteiger partial charge in [0.2, 0.25) is 0 Å². The predicted octanol–water partition coefficient (Wildman–Crippen LogP) is 7.14. The summed E-state index contributed by atoms with van der Waals surface area (Å²) in [5, 5.41) is 2.65. The van der Waals surface area contributed by atoms with Crippen molar-refractivity contribution < 1.29 is 46.6 Å². The van der Waals surface area contributed by atoms with Gasteiger partial charge in [0.15, 0.2) is 6.10 Å². The SMILES string of the molecule is CCCCCCOC(=O)C(=O)N1CCC(C2CCN(C(=O)[C@@H](Cc3cc(Cl)c(N)c(C(F)(F)F)c3)OC(=O)N3CCC(N4CCc5ccccc5NC4=O)CC3)CC2)CC1. The van der Waals surface area contributed by atoms with E-state index in [0.29, 0.717) is 77.7 Å². The summed E-state index contributed by atoms with van der Waals surface area (Å²) in [6.45, 7) is 4.92. The number of likely N-dealkylation sites (tertiary alicyclic amines) is 3. The van der Waals surface area contributed by atoms with Crippen LogP contribution in [0.5, 0.6) is 0 Å². The first-order valence-electron chi connectivity index (χ1n) is 21.2. The number of anilines is 2. The van der Waals surface area contributed by atoms with Crippen molar-refractivity contribution in [2.75, 3.05) is 63.5 Å². The molecular weight excluding hydrogens is 805 g/mol. The third-order valence-corrected chi connectivity index (χ3v) is 12.8. The molecule has 13 nitrogen and oxygen atoms in total. The first kappa shape index (κ1) is 44.8. The molecule has 60 heavy (non-hydrogen) atoms. The normalized spacial score (nSPS) is 19.0. The monoisotopic (exact) mass is 860 g/mol. The number of nitrogen functional groups attached to an aromatic ring is 1. The van der Waals surface area contributed by atoms with Crippen LogP contribution in [0.25, 0.3) is 0 Å². The molecule has 2 aromatic carbocycles. The second-order valence-electron chi connectivity index (χ2n) is 16.4. The average molecular weight is 861 g/mol. The Kier molecular flexibility index (Phi) is 15.1. The van der Waals surface area contributed by atoms with Crippen molar-refractivity contribution in [3.63, 3.8) is 0 Å². The van der Waals surface area contributed by atoms with Crippen LogP contribution in [-0.2, 0) is 42.9 Å². The van der Waals surface area contributed by atoms with Gasteiger partial charge >= 0.3 is 30.2 Å². The van der Waals surface area contributed by atoms with Crippen molar-refractivity contribution in [3.8, 4) is 0 Å². The molecule has 0 unspecified atom stereocenters. The van der Waals surface area contributed by atoms with Crippen LogP contribution in [0.2, 0.25) is 5.02 Å². The molecule has 4 aliphatic rings. The molecule has 4 aliphatic heterocycles. The summed E-state index contributed by atoms with van der Waals surface area (Å²) in [6, 6.07) is 9.40. The molecule has 0 bridgehead atoms. The van der Waals surface area contributed by atoms with E-state index in [2.05, 4.69) is 12.2 Å². The first-order chi connectivity index (χ1) is 28.7. The molecule has 4 heterocycles. The Bertz CT molecular complexity index is 1860. The summed E-state index contributed by atoms with van der Waals surface area (Å²) in [7, 11) is 0.